The highest BCUT2D eigenvalue weighted by Gasteiger charge is 2.36. The van der Waals surface area contributed by atoms with E-state index in [2.05, 4.69) is 10.1 Å². The molecule has 2 aromatic rings. The van der Waals surface area contributed by atoms with Gasteiger partial charge in [0.05, 0.1) is 36.5 Å². The van der Waals surface area contributed by atoms with Gasteiger partial charge in [-0.25, -0.2) is 0 Å². The molecule has 0 aliphatic carbocycles. The zero-order chi connectivity index (χ0) is 17.9. The largest absolute Gasteiger partial charge is 0.417 e. The molecule has 24 heavy (non-hydrogen) atoms. The average Bonchev–Trinajstić information content (AvgIpc) is 2.86. The molecule has 2 rings (SSSR count). The number of nitrogens with zero attached hydrogens (tertiary/aromatic N) is 3. The Balaban J connectivity index is 2.42. The molecule has 6 nitrogen and oxygen atoms in total. The van der Waals surface area contributed by atoms with Crippen LogP contribution in [0.15, 0.2) is 10.6 Å². The van der Waals surface area contributed by atoms with Crippen LogP contribution in [0.5, 0.6) is 0 Å². The number of aromatic nitrogens is 2. The lowest BCUT2D eigenvalue weighted by Gasteiger charge is -2.28. The molecule has 2 aromatic heterocycles. The number of aliphatic hydroxyl groups is 1. The third-order valence-corrected chi connectivity index (χ3v) is 3.54. The molecule has 0 aromatic carbocycles. The van der Waals surface area contributed by atoms with Gasteiger partial charge in [-0.2, -0.15) is 18.2 Å². The number of rotatable bonds is 7. The second-order valence-electron chi connectivity index (χ2n) is 5.60. The van der Waals surface area contributed by atoms with Crippen molar-refractivity contribution in [1.82, 2.24) is 10.1 Å². The molecule has 0 aliphatic rings. The summed E-state index contributed by atoms with van der Waals surface area (Å²) < 4.78 is 50.4. The van der Waals surface area contributed by atoms with Crippen LogP contribution in [-0.2, 0) is 10.9 Å². The van der Waals surface area contributed by atoms with Crippen LogP contribution in [0.1, 0.15) is 25.1 Å². The average molecular weight is 347 g/mol. The van der Waals surface area contributed by atoms with Crippen molar-refractivity contribution in [2.24, 2.45) is 0 Å². The van der Waals surface area contributed by atoms with Gasteiger partial charge >= 0.3 is 6.18 Å². The Morgan fingerprint density at radius 2 is 2.04 bits per heavy atom. The molecule has 9 heteroatoms. The lowest BCUT2D eigenvalue weighted by atomic mass is 10.1. The molecule has 134 valence electrons. The van der Waals surface area contributed by atoms with Crippen LogP contribution >= 0.6 is 0 Å². The van der Waals surface area contributed by atoms with Gasteiger partial charge in [0.1, 0.15) is 5.82 Å². The van der Waals surface area contributed by atoms with Gasteiger partial charge in [0.2, 0.25) is 0 Å². The van der Waals surface area contributed by atoms with Crippen molar-refractivity contribution in [3.8, 4) is 0 Å². The predicted molar refractivity (Wildman–Crippen MR) is 81.9 cm³/mol. The second kappa shape index (κ2) is 7.35. The van der Waals surface area contributed by atoms with E-state index in [-0.39, 0.29) is 48.5 Å². The quantitative estimate of drug-likeness (QED) is 0.777. The molecule has 0 radical (unpaired) electrons. The lowest BCUT2D eigenvalue weighted by molar-refractivity contribution is -0.136. The van der Waals surface area contributed by atoms with E-state index in [1.165, 1.54) is 6.92 Å². The summed E-state index contributed by atoms with van der Waals surface area (Å²) in [5.41, 5.74) is -0.804. The molecule has 0 saturated carbocycles. The maximum absolute atomic E-state index is 13.4. The molecule has 0 saturated heterocycles. The van der Waals surface area contributed by atoms with E-state index in [1.54, 1.807) is 4.90 Å². The standard InChI is InChI=1S/C15H20F3N3O3/c1-9(2)21(4-6-23-7-5-22)12-8-11(15(16,17)18)13-10(3)20-24-14(13)19-12/h8-9,22H,4-7H2,1-3H3. The predicted octanol–water partition coefficient (Wildman–Crippen LogP) is 2.77. The highest BCUT2D eigenvalue weighted by Crippen LogP contribution is 2.38. The van der Waals surface area contributed by atoms with Crippen molar-refractivity contribution in [2.75, 3.05) is 31.3 Å². The minimum absolute atomic E-state index is 0.0993. The summed E-state index contributed by atoms with van der Waals surface area (Å²) in [7, 11) is 0. The van der Waals surface area contributed by atoms with Crippen LogP contribution in [0.3, 0.4) is 0 Å². The van der Waals surface area contributed by atoms with Crippen LogP contribution in [0, 0.1) is 6.92 Å². The summed E-state index contributed by atoms with van der Waals surface area (Å²) in [6, 6.07) is 0.913. The molecule has 2 heterocycles. The van der Waals surface area contributed by atoms with E-state index >= 15 is 0 Å². The molecule has 0 unspecified atom stereocenters. The molecular formula is C15H20F3N3O3. The van der Waals surface area contributed by atoms with Crippen molar-refractivity contribution in [3.05, 3.63) is 17.3 Å². The van der Waals surface area contributed by atoms with Gasteiger partial charge < -0.3 is 19.3 Å². The third-order valence-electron chi connectivity index (χ3n) is 3.54. The van der Waals surface area contributed by atoms with Crippen molar-refractivity contribution < 1.29 is 27.5 Å². The number of hydrogen-bond acceptors (Lipinski definition) is 6. The molecule has 1 N–H and O–H groups in total. The second-order valence-corrected chi connectivity index (χ2v) is 5.60. The van der Waals surface area contributed by atoms with Crippen LogP contribution in [0.25, 0.3) is 11.1 Å². The number of alkyl halides is 3. The van der Waals surface area contributed by atoms with Crippen LogP contribution in [0.2, 0.25) is 0 Å². The first-order valence-corrected chi connectivity index (χ1v) is 7.55. The van der Waals surface area contributed by atoms with Gasteiger partial charge in [0.25, 0.3) is 5.71 Å². The Labute approximate surface area is 137 Å². The number of anilines is 1. The van der Waals surface area contributed by atoms with Crippen LogP contribution in [0.4, 0.5) is 19.0 Å². The van der Waals surface area contributed by atoms with Crippen molar-refractivity contribution in [2.45, 2.75) is 33.0 Å². The maximum atomic E-state index is 13.4. The molecule has 0 bridgehead atoms. The Morgan fingerprint density at radius 1 is 1.33 bits per heavy atom. The SMILES string of the molecule is Cc1noc2nc(N(CCOCCO)C(C)C)cc(C(F)(F)F)c12. The number of aliphatic hydroxyl groups excluding tert-OH is 1. The zero-order valence-corrected chi connectivity index (χ0v) is 13.7. The summed E-state index contributed by atoms with van der Waals surface area (Å²) in [4.78, 5) is 5.87. The van der Waals surface area contributed by atoms with E-state index in [0.717, 1.165) is 6.07 Å². The lowest BCUT2D eigenvalue weighted by Crippen LogP contribution is -2.35. The molecule has 0 fully saturated rings. The molecular weight excluding hydrogens is 327 g/mol. The number of ether oxygens (including phenoxy) is 1. The summed E-state index contributed by atoms with van der Waals surface area (Å²) >= 11 is 0. The first-order valence-electron chi connectivity index (χ1n) is 7.55. The summed E-state index contributed by atoms with van der Waals surface area (Å²) in [6.07, 6.45) is -4.54. The third kappa shape index (κ3) is 3.96. The van der Waals surface area contributed by atoms with E-state index in [0.29, 0.717) is 6.54 Å². The van der Waals surface area contributed by atoms with E-state index in [9.17, 15) is 13.2 Å². The molecule has 0 atom stereocenters. The summed E-state index contributed by atoms with van der Waals surface area (Å²) in [5.74, 6) is 0.147. The van der Waals surface area contributed by atoms with Crippen molar-refractivity contribution >= 4 is 16.9 Å². The summed E-state index contributed by atoms with van der Waals surface area (Å²) in [5, 5.41) is 12.2. The Bertz CT molecular complexity index is 686. The van der Waals surface area contributed by atoms with Crippen molar-refractivity contribution in [3.63, 3.8) is 0 Å². The molecule has 0 amide bonds. The van der Waals surface area contributed by atoms with E-state index in [4.69, 9.17) is 14.4 Å². The number of fused-ring (bicyclic) bond motifs is 1. The number of pyridine rings is 1. The van der Waals surface area contributed by atoms with Gasteiger partial charge in [0.15, 0.2) is 0 Å². The first-order chi connectivity index (χ1) is 11.3. The highest BCUT2D eigenvalue weighted by molar-refractivity contribution is 5.82. The number of hydrogen-bond donors (Lipinski definition) is 1. The van der Waals surface area contributed by atoms with Gasteiger partial charge in [-0.05, 0) is 26.8 Å². The van der Waals surface area contributed by atoms with Gasteiger partial charge in [-0.1, -0.05) is 5.16 Å². The van der Waals surface area contributed by atoms with Gasteiger partial charge in [-0.3, -0.25) is 0 Å². The number of halogens is 3. The minimum Gasteiger partial charge on any atom is -0.394 e. The van der Waals surface area contributed by atoms with Gasteiger partial charge in [0, 0.05) is 12.6 Å². The normalized spacial score (nSPS) is 12.3. The van der Waals surface area contributed by atoms with E-state index in [1.807, 2.05) is 13.8 Å². The zero-order valence-electron chi connectivity index (χ0n) is 13.7. The fourth-order valence-electron chi connectivity index (χ4n) is 2.42. The Kier molecular flexibility index (Phi) is 5.66. The molecule has 0 aliphatic heterocycles. The fourth-order valence-corrected chi connectivity index (χ4v) is 2.42. The topological polar surface area (TPSA) is 71.6 Å². The van der Waals surface area contributed by atoms with Crippen LogP contribution < -0.4 is 4.90 Å². The first kappa shape index (κ1) is 18.5. The van der Waals surface area contributed by atoms with Gasteiger partial charge in [-0.15, -0.1) is 0 Å². The summed E-state index contributed by atoms with van der Waals surface area (Å²) in [6.45, 7) is 5.80. The van der Waals surface area contributed by atoms with Crippen LogP contribution in [-0.4, -0.2) is 47.7 Å². The fraction of sp³-hybridized carbons (Fsp3) is 0.600. The monoisotopic (exact) mass is 347 g/mol. The van der Waals surface area contributed by atoms with Crippen molar-refractivity contribution in [1.29, 1.82) is 0 Å². The number of aryl methyl sites for hydroxylation is 1. The minimum atomic E-state index is -4.54. The Hall–Kier alpha value is -1.87. The van der Waals surface area contributed by atoms with E-state index < -0.39 is 11.7 Å². The highest BCUT2D eigenvalue weighted by atomic mass is 19.4. The maximum Gasteiger partial charge on any atom is 0.417 e. The molecule has 0 spiro atoms. The smallest absolute Gasteiger partial charge is 0.394 e. The Morgan fingerprint density at radius 3 is 2.62 bits per heavy atom.